The number of anilines is 2. The molecule has 0 spiro atoms. The van der Waals surface area contributed by atoms with Gasteiger partial charge < -0.3 is 15.0 Å². The Bertz CT molecular complexity index is 789. The van der Waals surface area contributed by atoms with E-state index in [2.05, 4.69) is 5.32 Å². The van der Waals surface area contributed by atoms with Crippen LogP contribution in [-0.2, 0) is 16.0 Å². The quantitative estimate of drug-likeness (QED) is 0.929. The van der Waals surface area contributed by atoms with E-state index in [9.17, 15) is 9.59 Å². The molecule has 0 bridgehead atoms. The molecule has 0 fully saturated rings. The summed E-state index contributed by atoms with van der Waals surface area (Å²) >= 11 is 5.82. The number of ether oxygens (including phenoxy) is 1. The smallest absolute Gasteiger partial charge is 0.267 e. The average Bonchev–Trinajstić information content (AvgIpc) is 2.55. The molecule has 1 atom stereocenters. The van der Waals surface area contributed by atoms with Crippen LogP contribution in [0, 0.1) is 0 Å². The Kier molecular flexibility index (Phi) is 4.44. The fraction of sp³-hybridized carbons (Fsp3) is 0.222. The van der Waals surface area contributed by atoms with Crippen molar-refractivity contribution in [2.75, 3.05) is 17.3 Å². The second-order valence-electron chi connectivity index (χ2n) is 5.69. The molecule has 2 aromatic rings. The number of carbonyl (C=O) groups excluding carboxylic acids is 2. The van der Waals surface area contributed by atoms with Crippen LogP contribution in [0.2, 0.25) is 5.02 Å². The fourth-order valence-electron chi connectivity index (χ4n) is 2.59. The van der Waals surface area contributed by atoms with Gasteiger partial charge in [0.2, 0.25) is 5.91 Å². The molecule has 1 aliphatic heterocycles. The molecular formula is C18H17ClN2O3. The lowest BCUT2D eigenvalue weighted by molar-refractivity contribution is -0.125. The summed E-state index contributed by atoms with van der Waals surface area (Å²) in [6, 6.07) is 12.4. The number of amides is 2. The van der Waals surface area contributed by atoms with E-state index in [4.69, 9.17) is 16.3 Å². The van der Waals surface area contributed by atoms with E-state index in [1.54, 1.807) is 55.3 Å². The lowest BCUT2D eigenvalue weighted by atomic mass is 10.1. The van der Waals surface area contributed by atoms with Gasteiger partial charge >= 0.3 is 0 Å². The number of likely N-dealkylation sites (N-methyl/N-ethyl adjacent to an activating group) is 1. The third kappa shape index (κ3) is 3.36. The third-order valence-electron chi connectivity index (χ3n) is 3.86. The number of nitrogens with zero attached hydrogens (tertiary/aromatic N) is 1. The molecule has 1 unspecified atom stereocenters. The van der Waals surface area contributed by atoms with Crippen molar-refractivity contribution >= 4 is 34.8 Å². The van der Waals surface area contributed by atoms with Gasteiger partial charge in [0, 0.05) is 17.8 Å². The minimum Gasteiger partial charge on any atom is -0.479 e. The summed E-state index contributed by atoms with van der Waals surface area (Å²) in [7, 11) is 1.71. The molecule has 0 saturated heterocycles. The highest BCUT2D eigenvalue weighted by molar-refractivity contribution is 6.30. The Hall–Kier alpha value is -2.53. The van der Waals surface area contributed by atoms with Crippen LogP contribution in [0.15, 0.2) is 42.5 Å². The van der Waals surface area contributed by atoms with Crippen molar-refractivity contribution in [3.05, 3.63) is 53.1 Å². The zero-order valence-electron chi connectivity index (χ0n) is 13.4. The first-order valence-corrected chi connectivity index (χ1v) is 7.94. The molecule has 1 heterocycles. The Morgan fingerprint density at radius 2 is 1.96 bits per heavy atom. The van der Waals surface area contributed by atoms with Crippen molar-refractivity contribution in [1.29, 1.82) is 0 Å². The number of carbonyl (C=O) groups is 2. The van der Waals surface area contributed by atoms with E-state index in [0.717, 1.165) is 5.56 Å². The molecule has 3 rings (SSSR count). The SMILES string of the molecule is CC1Oc2ccc(CC(=O)Nc3ccc(Cl)cc3)cc2N(C)C1=O. The maximum atomic E-state index is 12.2. The number of hydrogen-bond donors (Lipinski definition) is 1. The second-order valence-corrected chi connectivity index (χ2v) is 6.13. The Morgan fingerprint density at radius 3 is 2.67 bits per heavy atom. The van der Waals surface area contributed by atoms with Gasteiger partial charge in [-0.2, -0.15) is 0 Å². The molecule has 0 aliphatic carbocycles. The average molecular weight is 345 g/mol. The highest BCUT2D eigenvalue weighted by Gasteiger charge is 2.28. The summed E-state index contributed by atoms with van der Waals surface area (Å²) in [5.41, 5.74) is 2.17. The molecule has 124 valence electrons. The number of hydrogen-bond acceptors (Lipinski definition) is 3. The van der Waals surface area contributed by atoms with Gasteiger partial charge in [0.25, 0.3) is 5.91 Å². The normalized spacial score (nSPS) is 16.4. The van der Waals surface area contributed by atoms with E-state index >= 15 is 0 Å². The summed E-state index contributed by atoms with van der Waals surface area (Å²) in [6.45, 7) is 1.72. The van der Waals surface area contributed by atoms with Crippen LogP contribution in [0.4, 0.5) is 11.4 Å². The van der Waals surface area contributed by atoms with Crippen LogP contribution in [0.25, 0.3) is 0 Å². The standard InChI is InChI=1S/C18H17ClN2O3/c1-11-18(23)21(2)15-9-12(3-8-16(15)24-11)10-17(22)20-14-6-4-13(19)5-7-14/h3-9,11H,10H2,1-2H3,(H,20,22). The van der Waals surface area contributed by atoms with Gasteiger partial charge in [-0.3, -0.25) is 9.59 Å². The largest absolute Gasteiger partial charge is 0.479 e. The van der Waals surface area contributed by atoms with E-state index in [1.807, 2.05) is 6.07 Å². The predicted octanol–water partition coefficient (Wildman–Crippen LogP) is 3.26. The number of nitrogens with one attached hydrogen (secondary N) is 1. The topological polar surface area (TPSA) is 58.6 Å². The third-order valence-corrected chi connectivity index (χ3v) is 4.11. The monoisotopic (exact) mass is 344 g/mol. The molecular weight excluding hydrogens is 328 g/mol. The highest BCUT2D eigenvalue weighted by atomic mass is 35.5. The second kappa shape index (κ2) is 6.53. The van der Waals surface area contributed by atoms with E-state index in [-0.39, 0.29) is 18.2 Å². The first kappa shape index (κ1) is 16.3. The van der Waals surface area contributed by atoms with Crippen LogP contribution < -0.4 is 15.0 Å². The summed E-state index contributed by atoms with van der Waals surface area (Å²) < 4.78 is 5.58. The van der Waals surface area contributed by atoms with Gasteiger partial charge in [0.1, 0.15) is 5.75 Å². The van der Waals surface area contributed by atoms with Gasteiger partial charge in [0.15, 0.2) is 6.10 Å². The molecule has 2 amide bonds. The first-order valence-electron chi connectivity index (χ1n) is 7.56. The zero-order valence-corrected chi connectivity index (χ0v) is 14.1. The minimum absolute atomic E-state index is 0.106. The van der Waals surface area contributed by atoms with Crippen LogP contribution in [0.3, 0.4) is 0 Å². The number of rotatable bonds is 3. The maximum absolute atomic E-state index is 12.2. The van der Waals surface area contributed by atoms with E-state index in [1.165, 1.54) is 0 Å². The van der Waals surface area contributed by atoms with E-state index < -0.39 is 6.10 Å². The molecule has 6 heteroatoms. The maximum Gasteiger partial charge on any atom is 0.267 e. The summed E-state index contributed by atoms with van der Waals surface area (Å²) in [6.07, 6.45) is -0.297. The molecule has 1 N–H and O–H groups in total. The van der Waals surface area contributed by atoms with E-state index in [0.29, 0.717) is 22.1 Å². The van der Waals surface area contributed by atoms with Crippen molar-refractivity contribution in [3.8, 4) is 5.75 Å². The lowest BCUT2D eigenvalue weighted by Crippen LogP contribution is -2.42. The van der Waals surface area contributed by atoms with Gasteiger partial charge in [-0.1, -0.05) is 17.7 Å². The van der Waals surface area contributed by atoms with Crippen molar-refractivity contribution < 1.29 is 14.3 Å². The van der Waals surface area contributed by atoms with Crippen molar-refractivity contribution in [2.45, 2.75) is 19.4 Å². The molecule has 0 saturated carbocycles. The summed E-state index contributed by atoms with van der Waals surface area (Å²) in [4.78, 5) is 25.7. The van der Waals surface area contributed by atoms with Crippen molar-refractivity contribution in [3.63, 3.8) is 0 Å². The lowest BCUT2D eigenvalue weighted by Gasteiger charge is -2.30. The molecule has 1 aliphatic rings. The molecule has 0 aromatic heterocycles. The van der Waals surface area contributed by atoms with Gasteiger partial charge in [-0.15, -0.1) is 0 Å². The molecule has 0 radical (unpaired) electrons. The van der Waals surface area contributed by atoms with Crippen molar-refractivity contribution in [2.24, 2.45) is 0 Å². The van der Waals surface area contributed by atoms with Crippen LogP contribution in [-0.4, -0.2) is 25.0 Å². The number of fused-ring (bicyclic) bond motifs is 1. The summed E-state index contributed by atoms with van der Waals surface area (Å²) in [5.74, 6) is 0.396. The van der Waals surface area contributed by atoms with Gasteiger partial charge in [-0.25, -0.2) is 0 Å². The van der Waals surface area contributed by atoms with Crippen LogP contribution in [0.1, 0.15) is 12.5 Å². The molecule has 5 nitrogen and oxygen atoms in total. The number of benzene rings is 2. The first-order chi connectivity index (χ1) is 11.4. The fourth-order valence-corrected chi connectivity index (χ4v) is 2.72. The van der Waals surface area contributed by atoms with Crippen LogP contribution >= 0.6 is 11.6 Å². The Labute approximate surface area is 145 Å². The number of halogens is 1. The van der Waals surface area contributed by atoms with Crippen LogP contribution in [0.5, 0.6) is 5.75 Å². The Balaban J connectivity index is 1.73. The van der Waals surface area contributed by atoms with Crippen molar-refractivity contribution in [1.82, 2.24) is 0 Å². The minimum atomic E-state index is -0.499. The predicted molar refractivity (Wildman–Crippen MR) is 93.7 cm³/mol. The Morgan fingerprint density at radius 1 is 1.25 bits per heavy atom. The van der Waals surface area contributed by atoms with Gasteiger partial charge in [-0.05, 0) is 48.9 Å². The molecule has 24 heavy (non-hydrogen) atoms. The van der Waals surface area contributed by atoms with Gasteiger partial charge in [0.05, 0.1) is 12.1 Å². The zero-order chi connectivity index (χ0) is 17.3. The highest BCUT2D eigenvalue weighted by Crippen LogP contribution is 2.34. The summed E-state index contributed by atoms with van der Waals surface area (Å²) in [5, 5.41) is 3.43. The molecule has 2 aromatic carbocycles.